The Labute approximate surface area is 138 Å². The summed E-state index contributed by atoms with van der Waals surface area (Å²) < 4.78 is 12.1. The highest BCUT2D eigenvalue weighted by Gasteiger charge is 2.45. The first-order chi connectivity index (χ1) is 11.1. The first-order valence-corrected chi connectivity index (χ1v) is 8.51. The average molecular weight is 318 g/mol. The molecule has 3 heterocycles. The number of rotatable bonds is 4. The number of carbonyl (C=O) groups is 1. The molecule has 0 bridgehead atoms. The summed E-state index contributed by atoms with van der Waals surface area (Å²) in [5.74, 6) is 0.277. The predicted octanol–water partition coefficient (Wildman–Crippen LogP) is 2.40. The van der Waals surface area contributed by atoms with Crippen LogP contribution in [0, 0.1) is 5.92 Å². The van der Waals surface area contributed by atoms with E-state index in [4.69, 9.17) is 9.47 Å². The molecule has 126 valence electrons. The van der Waals surface area contributed by atoms with Crippen molar-refractivity contribution in [1.82, 2.24) is 9.88 Å². The molecule has 0 unspecified atom stereocenters. The molecule has 0 saturated carbocycles. The van der Waals surface area contributed by atoms with E-state index in [1.165, 1.54) is 0 Å². The molecule has 23 heavy (non-hydrogen) atoms. The Kier molecular flexibility index (Phi) is 4.97. The van der Waals surface area contributed by atoms with Crippen LogP contribution >= 0.6 is 0 Å². The number of piperidine rings is 1. The maximum absolute atomic E-state index is 12.3. The van der Waals surface area contributed by atoms with Gasteiger partial charge in [-0.25, -0.2) is 0 Å². The van der Waals surface area contributed by atoms with E-state index in [2.05, 4.69) is 4.98 Å². The second-order valence-corrected chi connectivity index (χ2v) is 7.00. The lowest BCUT2D eigenvalue weighted by Gasteiger charge is -2.40. The zero-order chi connectivity index (χ0) is 16.3. The Hall–Kier alpha value is -1.46. The van der Waals surface area contributed by atoms with E-state index in [0.29, 0.717) is 19.8 Å². The quantitative estimate of drug-likeness (QED) is 0.855. The Morgan fingerprint density at radius 2 is 2.26 bits per heavy atom. The Morgan fingerprint density at radius 3 is 3.00 bits per heavy atom. The molecule has 2 aliphatic heterocycles. The first kappa shape index (κ1) is 16.4. The third kappa shape index (κ3) is 3.90. The highest BCUT2D eigenvalue weighted by molar-refractivity contribution is 5.78. The van der Waals surface area contributed by atoms with Crippen LogP contribution in [0.1, 0.15) is 38.7 Å². The monoisotopic (exact) mass is 318 g/mol. The fraction of sp³-hybridized carbons (Fsp3) is 0.667. The van der Waals surface area contributed by atoms with E-state index in [1.807, 2.05) is 30.9 Å². The van der Waals surface area contributed by atoms with Gasteiger partial charge in [0.15, 0.2) is 0 Å². The second-order valence-electron chi connectivity index (χ2n) is 7.00. The minimum Gasteiger partial charge on any atom is -0.371 e. The fourth-order valence-electron chi connectivity index (χ4n) is 3.54. The van der Waals surface area contributed by atoms with Crippen LogP contribution in [0.4, 0.5) is 0 Å². The minimum absolute atomic E-state index is 0.0466. The third-order valence-corrected chi connectivity index (χ3v) is 4.76. The summed E-state index contributed by atoms with van der Waals surface area (Å²) in [4.78, 5) is 18.2. The highest BCUT2D eigenvalue weighted by atomic mass is 16.6. The zero-order valence-corrected chi connectivity index (χ0v) is 14.0. The predicted molar refractivity (Wildman–Crippen MR) is 86.8 cm³/mol. The smallest absolute Gasteiger partial charge is 0.225 e. The summed E-state index contributed by atoms with van der Waals surface area (Å²) in [7, 11) is 0. The van der Waals surface area contributed by atoms with Gasteiger partial charge in [-0.1, -0.05) is 13.8 Å². The molecule has 0 aromatic carbocycles. The van der Waals surface area contributed by atoms with E-state index < -0.39 is 0 Å². The normalized spacial score (nSPS) is 27.8. The van der Waals surface area contributed by atoms with Crippen LogP contribution in [-0.4, -0.2) is 47.2 Å². The number of ether oxygens (including phenoxy) is 2. The van der Waals surface area contributed by atoms with Crippen molar-refractivity contribution < 1.29 is 14.3 Å². The van der Waals surface area contributed by atoms with Crippen molar-refractivity contribution in [2.75, 3.05) is 19.7 Å². The Morgan fingerprint density at radius 1 is 1.48 bits per heavy atom. The van der Waals surface area contributed by atoms with Gasteiger partial charge in [-0.3, -0.25) is 9.78 Å². The Bertz CT molecular complexity index is 534. The summed E-state index contributed by atoms with van der Waals surface area (Å²) in [6.45, 7) is 6.68. The van der Waals surface area contributed by atoms with E-state index in [1.54, 1.807) is 12.4 Å². The van der Waals surface area contributed by atoms with Crippen LogP contribution < -0.4 is 0 Å². The van der Waals surface area contributed by atoms with Gasteiger partial charge in [0.25, 0.3) is 0 Å². The lowest BCUT2D eigenvalue weighted by molar-refractivity contribution is -0.142. The van der Waals surface area contributed by atoms with Crippen LogP contribution in [0.15, 0.2) is 24.5 Å². The topological polar surface area (TPSA) is 51.7 Å². The van der Waals surface area contributed by atoms with E-state index in [-0.39, 0.29) is 23.5 Å². The Balaban J connectivity index is 1.54. The molecular weight excluding hydrogens is 292 g/mol. The lowest BCUT2D eigenvalue weighted by Crippen LogP contribution is -2.51. The van der Waals surface area contributed by atoms with Crippen molar-refractivity contribution in [2.45, 2.75) is 51.4 Å². The van der Waals surface area contributed by atoms with Gasteiger partial charge in [0.05, 0.1) is 24.9 Å². The van der Waals surface area contributed by atoms with Crippen molar-refractivity contribution in [1.29, 1.82) is 0 Å². The molecule has 0 N–H and O–H groups in total. The molecule has 1 aromatic rings. The van der Waals surface area contributed by atoms with Crippen molar-refractivity contribution >= 4 is 5.91 Å². The number of pyridine rings is 1. The molecule has 5 heteroatoms. The summed E-state index contributed by atoms with van der Waals surface area (Å²) in [6, 6.07) is 3.93. The zero-order valence-electron chi connectivity index (χ0n) is 14.0. The maximum Gasteiger partial charge on any atom is 0.225 e. The van der Waals surface area contributed by atoms with Gasteiger partial charge >= 0.3 is 0 Å². The van der Waals surface area contributed by atoms with Crippen LogP contribution in [0.3, 0.4) is 0 Å². The van der Waals surface area contributed by atoms with Crippen LogP contribution in [-0.2, 0) is 20.9 Å². The molecule has 0 radical (unpaired) electrons. The van der Waals surface area contributed by atoms with Crippen molar-refractivity contribution in [2.24, 2.45) is 5.92 Å². The third-order valence-electron chi connectivity index (χ3n) is 4.76. The molecule has 5 nitrogen and oxygen atoms in total. The van der Waals surface area contributed by atoms with Gasteiger partial charge in [0, 0.05) is 37.8 Å². The van der Waals surface area contributed by atoms with Crippen molar-refractivity contribution in [3.8, 4) is 0 Å². The van der Waals surface area contributed by atoms with Gasteiger partial charge in [-0.05, 0) is 30.5 Å². The highest BCUT2D eigenvalue weighted by Crippen LogP contribution is 2.36. The van der Waals surface area contributed by atoms with E-state index in [9.17, 15) is 4.79 Å². The van der Waals surface area contributed by atoms with Gasteiger partial charge in [0.2, 0.25) is 5.91 Å². The van der Waals surface area contributed by atoms with Gasteiger partial charge in [0.1, 0.15) is 0 Å². The van der Waals surface area contributed by atoms with Crippen LogP contribution in [0.25, 0.3) is 0 Å². The summed E-state index contributed by atoms with van der Waals surface area (Å²) >= 11 is 0. The molecule has 2 aliphatic rings. The SMILES string of the molecule is CC(C)C(=O)N1CCC[C@]2(C[C@@H](OCc3ccncc3)CO2)C1. The molecule has 1 spiro atoms. The summed E-state index contributed by atoms with van der Waals surface area (Å²) in [5, 5.41) is 0. The van der Waals surface area contributed by atoms with Crippen LogP contribution in [0.2, 0.25) is 0 Å². The lowest BCUT2D eigenvalue weighted by atomic mass is 9.88. The summed E-state index contributed by atoms with van der Waals surface area (Å²) in [6.07, 6.45) is 6.57. The first-order valence-electron chi connectivity index (χ1n) is 8.51. The van der Waals surface area contributed by atoms with Crippen molar-refractivity contribution in [3.63, 3.8) is 0 Å². The van der Waals surface area contributed by atoms with Crippen molar-refractivity contribution in [3.05, 3.63) is 30.1 Å². The summed E-state index contributed by atoms with van der Waals surface area (Å²) in [5.41, 5.74) is 0.923. The molecule has 0 aliphatic carbocycles. The van der Waals surface area contributed by atoms with E-state index in [0.717, 1.165) is 31.4 Å². The number of hydrogen-bond donors (Lipinski definition) is 0. The molecule has 2 saturated heterocycles. The average Bonchev–Trinajstić information content (AvgIpc) is 2.95. The number of hydrogen-bond acceptors (Lipinski definition) is 4. The number of aromatic nitrogens is 1. The van der Waals surface area contributed by atoms with E-state index >= 15 is 0 Å². The molecule has 2 atom stereocenters. The number of carbonyl (C=O) groups excluding carboxylic acids is 1. The van der Waals surface area contributed by atoms with Crippen LogP contribution in [0.5, 0.6) is 0 Å². The molecule has 3 rings (SSSR count). The van der Waals surface area contributed by atoms with Gasteiger partial charge in [-0.2, -0.15) is 0 Å². The molecule has 1 amide bonds. The maximum atomic E-state index is 12.3. The largest absolute Gasteiger partial charge is 0.371 e. The fourth-order valence-corrected chi connectivity index (χ4v) is 3.54. The minimum atomic E-state index is -0.203. The number of amides is 1. The molecular formula is C18H26N2O3. The number of likely N-dealkylation sites (tertiary alicyclic amines) is 1. The molecule has 1 aromatic heterocycles. The van der Waals surface area contributed by atoms with Gasteiger partial charge < -0.3 is 14.4 Å². The van der Waals surface area contributed by atoms with Gasteiger partial charge in [-0.15, -0.1) is 0 Å². The second kappa shape index (κ2) is 6.97. The number of nitrogens with zero attached hydrogens (tertiary/aromatic N) is 2. The standard InChI is InChI=1S/C18H26N2O3/c1-14(2)17(21)20-9-3-6-18(13-20)10-16(12-23-18)22-11-15-4-7-19-8-5-15/h4-5,7-8,14,16H,3,6,9-13H2,1-2H3/t16-,18+/m1/s1. The molecule has 2 fully saturated rings.